The number of carbonyl (C=O) groups is 2. The van der Waals surface area contributed by atoms with Crippen molar-refractivity contribution >= 4 is 11.9 Å². The largest absolute Gasteiger partial charge is 0.469 e. The third kappa shape index (κ3) is 7.19. The number of rotatable bonds is 8. The topological polar surface area (TPSA) is 82.1 Å². The minimum atomic E-state index is -1.64. The Kier molecular flexibility index (Phi) is 8.46. The van der Waals surface area contributed by atoms with Crippen molar-refractivity contribution in [2.24, 2.45) is 0 Å². The summed E-state index contributed by atoms with van der Waals surface area (Å²) in [4.78, 5) is 21.7. The summed E-state index contributed by atoms with van der Waals surface area (Å²) in [5.41, 5.74) is 0. The standard InChI is InChI=1S/C10H18O6/c1-3-4-6-15-9(12)10(13)16-7-5-8(11)14-2/h10,13H,3-7H2,1-2H3. The number of hydrogen-bond donors (Lipinski definition) is 1. The highest BCUT2D eigenvalue weighted by Crippen LogP contribution is 1.96. The van der Waals surface area contributed by atoms with Gasteiger partial charge in [-0.05, 0) is 6.42 Å². The number of carbonyl (C=O) groups excluding carboxylic acids is 2. The van der Waals surface area contributed by atoms with Crippen molar-refractivity contribution in [2.45, 2.75) is 32.5 Å². The normalized spacial score (nSPS) is 11.9. The van der Waals surface area contributed by atoms with Crippen LogP contribution in [0.5, 0.6) is 0 Å². The Hall–Kier alpha value is -1.14. The minimum absolute atomic E-state index is 0.0181. The summed E-state index contributed by atoms with van der Waals surface area (Å²) in [6, 6.07) is 0. The highest BCUT2D eigenvalue weighted by Gasteiger charge is 2.17. The lowest BCUT2D eigenvalue weighted by molar-refractivity contribution is -0.184. The average Bonchev–Trinajstić information content (AvgIpc) is 2.28. The molecule has 1 unspecified atom stereocenters. The molecule has 0 aliphatic rings. The zero-order valence-electron chi connectivity index (χ0n) is 9.60. The van der Waals surface area contributed by atoms with E-state index in [4.69, 9.17) is 9.84 Å². The van der Waals surface area contributed by atoms with Crippen LogP contribution in [0.25, 0.3) is 0 Å². The highest BCUT2D eigenvalue weighted by atomic mass is 16.6. The quantitative estimate of drug-likeness (QED) is 0.368. The Morgan fingerprint density at radius 2 is 2.00 bits per heavy atom. The molecule has 6 heteroatoms. The molecular weight excluding hydrogens is 216 g/mol. The first-order chi connectivity index (χ1) is 7.61. The molecule has 0 spiro atoms. The number of hydrogen-bond acceptors (Lipinski definition) is 6. The fourth-order valence-electron chi connectivity index (χ4n) is 0.812. The molecule has 1 atom stereocenters. The van der Waals surface area contributed by atoms with Crippen LogP contribution in [0.2, 0.25) is 0 Å². The molecule has 0 bridgehead atoms. The second kappa shape index (κ2) is 9.11. The van der Waals surface area contributed by atoms with E-state index in [1.807, 2.05) is 6.92 Å². The van der Waals surface area contributed by atoms with Crippen LogP contribution in [0.15, 0.2) is 0 Å². The van der Waals surface area contributed by atoms with E-state index in [9.17, 15) is 9.59 Å². The van der Waals surface area contributed by atoms with Crippen molar-refractivity contribution in [1.29, 1.82) is 0 Å². The average molecular weight is 234 g/mol. The smallest absolute Gasteiger partial charge is 0.363 e. The third-order valence-electron chi connectivity index (χ3n) is 1.75. The Balaban J connectivity index is 3.58. The summed E-state index contributed by atoms with van der Waals surface area (Å²) in [5, 5.41) is 9.15. The van der Waals surface area contributed by atoms with Gasteiger partial charge in [-0.2, -0.15) is 0 Å². The Morgan fingerprint density at radius 1 is 1.31 bits per heavy atom. The van der Waals surface area contributed by atoms with Gasteiger partial charge in [0.25, 0.3) is 6.29 Å². The number of methoxy groups -OCH3 is 1. The number of ether oxygens (including phenoxy) is 3. The summed E-state index contributed by atoms with van der Waals surface area (Å²) >= 11 is 0. The van der Waals surface area contributed by atoms with E-state index in [2.05, 4.69) is 9.47 Å². The van der Waals surface area contributed by atoms with E-state index in [1.54, 1.807) is 0 Å². The van der Waals surface area contributed by atoms with Crippen LogP contribution in [0.3, 0.4) is 0 Å². The molecule has 0 aromatic heterocycles. The lowest BCUT2D eigenvalue weighted by Crippen LogP contribution is -2.27. The van der Waals surface area contributed by atoms with Gasteiger partial charge in [-0.25, -0.2) is 4.79 Å². The fraction of sp³-hybridized carbons (Fsp3) is 0.800. The maximum Gasteiger partial charge on any atom is 0.363 e. The molecule has 0 amide bonds. The van der Waals surface area contributed by atoms with Crippen LogP contribution >= 0.6 is 0 Å². The molecule has 0 aromatic rings. The van der Waals surface area contributed by atoms with Gasteiger partial charge in [-0.3, -0.25) is 4.79 Å². The van der Waals surface area contributed by atoms with Crippen molar-refractivity contribution < 1.29 is 28.9 Å². The second-order valence-corrected chi connectivity index (χ2v) is 3.07. The predicted octanol–water partition coefficient (Wildman–Crippen LogP) is 0.228. The first-order valence-electron chi connectivity index (χ1n) is 5.15. The molecule has 0 saturated carbocycles. The predicted molar refractivity (Wildman–Crippen MR) is 54.5 cm³/mol. The number of esters is 2. The lowest BCUT2D eigenvalue weighted by atomic mass is 10.4. The van der Waals surface area contributed by atoms with Crippen LogP contribution < -0.4 is 0 Å². The van der Waals surface area contributed by atoms with E-state index in [-0.39, 0.29) is 19.6 Å². The number of unbranched alkanes of at least 4 members (excludes halogenated alkanes) is 1. The molecule has 6 nitrogen and oxygen atoms in total. The molecule has 16 heavy (non-hydrogen) atoms. The first-order valence-corrected chi connectivity index (χ1v) is 5.15. The van der Waals surface area contributed by atoms with Crippen molar-refractivity contribution in [1.82, 2.24) is 0 Å². The zero-order valence-corrected chi connectivity index (χ0v) is 9.60. The maximum atomic E-state index is 11.0. The van der Waals surface area contributed by atoms with Crippen molar-refractivity contribution in [2.75, 3.05) is 20.3 Å². The fourth-order valence-corrected chi connectivity index (χ4v) is 0.812. The Morgan fingerprint density at radius 3 is 2.56 bits per heavy atom. The van der Waals surface area contributed by atoms with Gasteiger partial charge in [-0.15, -0.1) is 0 Å². The monoisotopic (exact) mass is 234 g/mol. The molecule has 0 aliphatic carbocycles. The van der Waals surface area contributed by atoms with Gasteiger partial charge >= 0.3 is 11.9 Å². The van der Waals surface area contributed by atoms with Crippen LogP contribution in [0.4, 0.5) is 0 Å². The molecule has 0 saturated heterocycles. The third-order valence-corrected chi connectivity index (χ3v) is 1.75. The maximum absolute atomic E-state index is 11.0. The SMILES string of the molecule is CCCCOC(=O)C(O)OCCC(=O)OC. The molecule has 0 aliphatic heterocycles. The molecular formula is C10H18O6. The summed E-state index contributed by atoms with van der Waals surface area (Å²) in [7, 11) is 1.25. The molecule has 1 N–H and O–H groups in total. The van der Waals surface area contributed by atoms with Gasteiger partial charge in [0.1, 0.15) is 0 Å². The highest BCUT2D eigenvalue weighted by molar-refractivity contribution is 5.73. The molecule has 0 radical (unpaired) electrons. The van der Waals surface area contributed by atoms with Crippen LogP contribution in [0.1, 0.15) is 26.2 Å². The van der Waals surface area contributed by atoms with Crippen molar-refractivity contribution in [3.8, 4) is 0 Å². The zero-order chi connectivity index (χ0) is 12.4. The van der Waals surface area contributed by atoms with E-state index >= 15 is 0 Å². The van der Waals surface area contributed by atoms with E-state index in [1.165, 1.54) is 7.11 Å². The van der Waals surface area contributed by atoms with Gasteiger partial charge in [0, 0.05) is 0 Å². The molecule has 0 fully saturated rings. The van der Waals surface area contributed by atoms with Crippen LogP contribution in [-0.4, -0.2) is 43.7 Å². The van der Waals surface area contributed by atoms with Gasteiger partial charge in [-0.1, -0.05) is 13.3 Å². The second-order valence-electron chi connectivity index (χ2n) is 3.07. The number of aliphatic hydroxyl groups is 1. The molecule has 0 aromatic carbocycles. The van der Waals surface area contributed by atoms with Gasteiger partial charge in [0.15, 0.2) is 0 Å². The summed E-state index contributed by atoms with van der Waals surface area (Å²) in [6.45, 7) is 2.13. The lowest BCUT2D eigenvalue weighted by Gasteiger charge is -2.10. The van der Waals surface area contributed by atoms with Crippen molar-refractivity contribution in [3.63, 3.8) is 0 Å². The summed E-state index contributed by atoms with van der Waals surface area (Å²) in [5.74, 6) is -1.30. The van der Waals surface area contributed by atoms with Crippen LogP contribution in [-0.2, 0) is 23.8 Å². The van der Waals surface area contributed by atoms with E-state index in [0.29, 0.717) is 0 Å². The minimum Gasteiger partial charge on any atom is -0.469 e. The summed E-state index contributed by atoms with van der Waals surface area (Å²) < 4.78 is 13.7. The molecule has 0 heterocycles. The number of aliphatic hydroxyl groups excluding tert-OH is 1. The van der Waals surface area contributed by atoms with E-state index in [0.717, 1.165) is 12.8 Å². The van der Waals surface area contributed by atoms with Crippen molar-refractivity contribution in [3.05, 3.63) is 0 Å². The molecule has 94 valence electrons. The van der Waals surface area contributed by atoms with Gasteiger partial charge in [0.05, 0.1) is 26.7 Å². The summed E-state index contributed by atoms with van der Waals surface area (Å²) in [6.07, 6.45) is -0.0234. The first kappa shape index (κ1) is 14.9. The Bertz CT molecular complexity index is 215. The molecule has 0 rings (SSSR count). The van der Waals surface area contributed by atoms with Gasteiger partial charge in [0.2, 0.25) is 0 Å². The van der Waals surface area contributed by atoms with Crippen LogP contribution in [0, 0.1) is 0 Å². The van der Waals surface area contributed by atoms with E-state index < -0.39 is 18.2 Å². The van der Waals surface area contributed by atoms with Gasteiger partial charge < -0.3 is 19.3 Å². The Labute approximate surface area is 94.5 Å².